The number of likely N-dealkylation sites (N-methyl/N-ethyl adjacent to an activating group) is 1. The van der Waals surface area contributed by atoms with E-state index in [-0.39, 0.29) is 12.5 Å². The Kier molecular flexibility index (Phi) is 6.21. The third-order valence-corrected chi connectivity index (χ3v) is 4.81. The maximum Gasteiger partial charge on any atom is 0.323 e. The number of carboxylic acids is 1. The molecular weight excluding hydrogens is 342 g/mol. The van der Waals surface area contributed by atoms with Crippen molar-refractivity contribution < 1.29 is 14.7 Å². The molecule has 27 heavy (non-hydrogen) atoms. The van der Waals surface area contributed by atoms with Crippen molar-refractivity contribution in [1.82, 2.24) is 9.80 Å². The third-order valence-electron chi connectivity index (χ3n) is 4.81. The first kappa shape index (κ1) is 19.1. The molecule has 1 N–H and O–H groups in total. The first-order chi connectivity index (χ1) is 13.0. The van der Waals surface area contributed by atoms with Gasteiger partial charge in [0.2, 0.25) is 0 Å². The van der Waals surface area contributed by atoms with E-state index in [1.165, 1.54) is 4.90 Å². The molecule has 1 fully saturated rings. The molecule has 1 aliphatic rings. The molecular formula is C21H25N3O3. The second-order valence-electron chi connectivity index (χ2n) is 6.90. The summed E-state index contributed by atoms with van der Waals surface area (Å²) >= 11 is 0. The molecule has 6 heteroatoms. The van der Waals surface area contributed by atoms with E-state index in [4.69, 9.17) is 0 Å². The van der Waals surface area contributed by atoms with Crippen molar-refractivity contribution in [3.63, 3.8) is 0 Å². The van der Waals surface area contributed by atoms with Gasteiger partial charge in [-0.2, -0.15) is 0 Å². The van der Waals surface area contributed by atoms with Crippen molar-refractivity contribution in [2.24, 2.45) is 0 Å². The van der Waals surface area contributed by atoms with Crippen LogP contribution in [0, 0.1) is 0 Å². The maximum atomic E-state index is 12.9. The number of benzene rings is 2. The van der Waals surface area contributed by atoms with Crippen molar-refractivity contribution in [3.05, 3.63) is 65.7 Å². The van der Waals surface area contributed by atoms with Gasteiger partial charge in [0.25, 0.3) is 5.91 Å². The zero-order valence-electron chi connectivity index (χ0n) is 15.5. The van der Waals surface area contributed by atoms with Crippen molar-refractivity contribution in [1.29, 1.82) is 0 Å². The minimum atomic E-state index is -1.04. The molecule has 0 aliphatic carbocycles. The van der Waals surface area contributed by atoms with Crippen LogP contribution in [0.15, 0.2) is 54.6 Å². The smallest absolute Gasteiger partial charge is 0.323 e. The third kappa shape index (κ3) is 5.15. The van der Waals surface area contributed by atoms with Crippen LogP contribution in [0.25, 0.3) is 0 Å². The fourth-order valence-corrected chi connectivity index (χ4v) is 3.20. The van der Waals surface area contributed by atoms with E-state index in [9.17, 15) is 14.7 Å². The highest BCUT2D eigenvalue weighted by Crippen LogP contribution is 2.18. The fourth-order valence-electron chi connectivity index (χ4n) is 3.20. The number of hydrogen-bond acceptors (Lipinski definition) is 4. The molecule has 2 aromatic carbocycles. The number of carbonyl (C=O) groups excluding carboxylic acids is 1. The van der Waals surface area contributed by atoms with Crippen LogP contribution >= 0.6 is 0 Å². The summed E-state index contributed by atoms with van der Waals surface area (Å²) in [6.45, 7) is 4.70. The van der Waals surface area contributed by atoms with Gasteiger partial charge in [-0.25, -0.2) is 0 Å². The molecule has 1 saturated heterocycles. The lowest BCUT2D eigenvalue weighted by Gasteiger charge is -2.32. The Morgan fingerprint density at radius 2 is 1.59 bits per heavy atom. The first-order valence-electron chi connectivity index (χ1n) is 9.11. The number of para-hydroxylation sites is 1. The molecule has 0 saturated carbocycles. The van der Waals surface area contributed by atoms with Gasteiger partial charge in [0.1, 0.15) is 6.54 Å². The van der Waals surface area contributed by atoms with Crippen LogP contribution in [0.2, 0.25) is 0 Å². The summed E-state index contributed by atoms with van der Waals surface area (Å²) in [5, 5.41) is 9.18. The molecule has 1 heterocycles. The molecule has 1 amide bonds. The number of hydrogen-bond donors (Lipinski definition) is 1. The number of piperazine rings is 1. The first-order valence-corrected chi connectivity index (χ1v) is 9.11. The van der Waals surface area contributed by atoms with Crippen LogP contribution in [0.5, 0.6) is 0 Å². The number of aliphatic carboxylic acids is 1. The van der Waals surface area contributed by atoms with Crippen LogP contribution in [0.1, 0.15) is 15.9 Å². The number of carboxylic acid groups (broad SMARTS) is 1. The van der Waals surface area contributed by atoms with E-state index in [2.05, 4.69) is 16.8 Å². The van der Waals surface area contributed by atoms with Crippen molar-refractivity contribution in [2.45, 2.75) is 6.54 Å². The largest absolute Gasteiger partial charge is 0.480 e. The van der Waals surface area contributed by atoms with Gasteiger partial charge in [0, 0.05) is 44.0 Å². The molecule has 0 atom stereocenters. The van der Waals surface area contributed by atoms with Crippen molar-refractivity contribution in [2.75, 3.05) is 44.7 Å². The van der Waals surface area contributed by atoms with Gasteiger partial charge in [-0.15, -0.1) is 0 Å². The summed E-state index contributed by atoms with van der Waals surface area (Å²) in [4.78, 5) is 30.1. The summed E-state index contributed by atoms with van der Waals surface area (Å²) in [5.74, 6) is -1.35. The summed E-state index contributed by atoms with van der Waals surface area (Å²) < 4.78 is 0. The van der Waals surface area contributed by atoms with Gasteiger partial charge in [-0.1, -0.05) is 30.3 Å². The zero-order chi connectivity index (χ0) is 19.2. The predicted molar refractivity (Wildman–Crippen MR) is 105 cm³/mol. The molecule has 0 radical (unpaired) electrons. The molecule has 0 bridgehead atoms. The molecule has 2 aromatic rings. The van der Waals surface area contributed by atoms with Gasteiger partial charge in [-0.3, -0.25) is 19.4 Å². The lowest BCUT2D eigenvalue weighted by molar-refractivity contribution is -0.135. The number of carbonyl (C=O) groups is 2. The van der Waals surface area contributed by atoms with E-state index in [1.54, 1.807) is 36.4 Å². The second-order valence-corrected chi connectivity index (χ2v) is 6.90. The van der Waals surface area contributed by atoms with Crippen molar-refractivity contribution >= 4 is 17.6 Å². The Morgan fingerprint density at radius 3 is 2.19 bits per heavy atom. The van der Waals surface area contributed by atoms with Crippen LogP contribution in [-0.4, -0.2) is 66.6 Å². The minimum absolute atomic E-state index is 0.310. The maximum absolute atomic E-state index is 12.9. The van der Waals surface area contributed by atoms with Crippen molar-refractivity contribution in [3.8, 4) is 0 Å². The Balaban J connectivity index is 1.70. The average Bonchev–Trinajstić information content (AvgIpc) is 2.68. The lowest BCUT2D eigenvalue weighted by atomic mass is 10.1. The highest BCUT2D eigenvalue weighted by atomic mass is 16.4. The number of amides is 1. The molecule has 0 unspecified atom stereocenters. The minimum Gasteiger partial charge on any atom is -0.480 e. The molecule has 1 aliphatic heterocycles. The summed E-state index contributed by atoms with van der Waals surface area (Å²) in [7, 11) is 2.13. The predicted octanol–water partition coefficient (Wildman–Crippen LogP) is 2.17. The molecule has 0 aromatic heterocycles. The second kappa shape index (κ2) is 8.79. The van der Waals surface area contributed by atoms with Crippen LogP contribution < -0.4 is 4.90 Å². The van der Waals surface area contributed by atoms with E-state index in [0.717, 1.165) is 38.3 Å². The average molecular weight is 367 g/mol. The van der Waals surface area contributed by atoms with E-state index in [0.29, 0.717) is 11.3 Å². The highest BCUT2D eigenvalue weighted by Gasteiger charge is 2.20. The number of anilines is 1. The molecule has 0 spiro atoms. The van der Waals surface area contributed by atoms with Crippen LogP contribution in [0.4, 0.5) is 5.69 Å². The molecule has 142 valence electrons. The molecule has 6 nitrogen and oxygen atoms in total. The zero-order valence-corrected chi connectivity index (χ0v) is 15.5. The monoisotopic (exact) mass is 367 g/mol. The number of rotatable bonds is 6. The van der Waals surface area contributed by atoms with Gasteiger partial charge in [0.05, 0.1) is 0 Å². The normalized spacial score (nSPS) is 15.4. The van der Waals surface area contributed by atoms with Crippen LogP contribution in [-0.2, 0) is 11.3 Å². The standard InChI is InChI=1S/C21H25N3O3/c1-22-11-13-23(14-12-22)15-17-7-9-18(10-8-17)21(27)24(16-20(25)26)19-5-3-2-4-6-19/h2-10H,11-16H2,1H3,(H,25,26). The fraction of sp³-hybridized carbons (Fsp3) is 0.333. The summed E-state index contributed by atoms with van der Waals surface area (Å²) in [5.41, 5.74) is 2.22. The Bertz CT molecular complexity index is 769. The van der Waals surface area contributed by atoms with Crippen LogP contribution in [0.3, 0.4) is 0 Å². The van der Waals surface area contributed by atoms with Gasteiger partial charge < -0.3 is 10.0 Å². The topological polar surface area (TPSA) is 64.1 Å². The number of nitrogens with zero attached hydrogens (tertiary/aromatic N) is 3. The van der Waals surface area contributed by atoms with Gasteiger partial charge >= 0.3 is 5.97 Å². The molecule has 3 rings (SSSR count). The lowest BCUT2D eigenvalue weighted by Crippen LogP contribution is -2.43. The quantitative estimate of drug-likeness (QED) is 0.848. The SMILES string of the molecule is CN1CCN(Cc2ccc(C(=O)N(CC(=O)O)c3ccccc3)cc2)CC1. The van der Waals surface area contributed by atoms with Gasteiger partial charge in [-0.05, 0) is 36.9 Å². The summed E-state index contributed by atoms with van der Waals surface area (Å²) in [6.07, 6.45) is 0. The van der Waals surface area contributed by atoms with E-state index < -0.39 is 5.97 Å². The Hall–Kier alpha value is -2.70. The Morgan fingerprint density at radius 1 is 0.963 bits per heavy atom. The Labute approximate surface area is 159 Å². The van der Waals surface area contributed by atoms with E-state index in [1.807, 2.05) is 18.2 Å². The van der Waals surface area contributed by atoms with Gasteiger partial charge in [0.15, 0.2) is 0 Å². The summed E-state index contributed by atoms with van der Waals surface area (Å²) in [6, 6.07) is 16.4. The van der Waals surface area contributed by atoms with E-state index >= 15 is 0 Å². The highest BCUT2D eigenvalue weighted by molar-refractivity contribution is 6.08.